The van der Waals surface area contributed by atoms with Crippen molar-refractivity contribution in [2.45, 2.75) is 11.6 Å². The van der Waals surface area contributed by atoms with Crippen LogP contribution in [0.1, 0.15) is 0 Å². The second-order valence-electron chi connectivity index (χ2n) is 2.18. The number of imidazole rings is 1. The van der Waals surface area contributed by atoms with Crippen molar-refractivity contribution in [3.8, 4) is 0 Å². The van der Waals surface area contributed by atoms with Crippen LogP contribution < -0.4 is 5.14 Å². The average molecular weight is 193 g/mol. The van der Waals surface area contributed by atoms with E-state index in [1.54, 1.807) is 0 Å². The van der Waals surface area contributed by atoms with Crippen LogP contribution in [0, 0.1) is 0 Å². The number of sulfonamides is 1. The first-order valence-corrected chi connectivity index (χ1v) is 4.69. The maximum Gasteiger partial charge on any atom is 0.257 e. The van der Waals surface area contributed by atoms with E-state index in [0.717, 1.165) is 0 Å². The summed E-state index contributed by atoms with van der Waals surface area (Å²) < 4.78 is 34.4. The van der Waals surface area contributed by atoms with Gasteiger partial charge in [0.1, 0.15) is 6.67 Å². The summed E-state index contributed by atoms with van der Waals surface area (Å²) in [4.78, 5) is 3.49. The molecule has 0 unspecified atom stereocenters. The van der Waals surface area contributed by atoms with Gasteiger partial charge in [0.2, 0.25) is 0 Å². The number of aromatic nitrogens is 2. The summed E-state index contributed by atoms with van der Waals surface area (Å²) in [6.07, 6.45) is 2.41. The first-order chi connectivity index (χ1) is 5.54. The highest BCUT2D eigenvalue weighted by Gasteiger charge is 2.10. The molecule has 12 heavy (non-hydrogen) atoms. The Morgan fingerprint density at radius 3 is 2.75 bits per heavy atom. The summed E-state index contributed by atoms with van der Waals surface area (Å²) in [5.41, 5.74) is 0. The Morgan fingerprint density at radius 1 is 1.67 bits per heavy atom. The summed E-state index contributed by atoms with van der Waals surface area (Å²) >= 11 is 0. The molecular formula is C5H8FN3O2S. The zero-order valence-corrected chi connectivity index (χ0v) is 6.96. The number of hydrogen-bond donors (Lipinski definition) is 1. The Morgan fingerprint density at radius 2 is 2.33 bits per heavy atom. The number of rotatable bonds is 3. The molecule has 0 amide bonds. The third-order valence-corrected chi connectivity index (χ3v) is 2.04. The molecule has 2 N–H and O–H groups in total. The van der Waals surface area contributed by atoms with Crippen molar-refractivity contribution in [1.82, 2.24) is 9.55 Å². The van der Waals surface area contributed by atoms with Crippen LogP contribution in [0.4, 0.5) is 4.39 Å². The average Bonchev–Trinajstić information content (AvgIpc) is 2.35. The van der Waals surface area contributed by atoms with Gasteiger partial charge in [-0.05, 0) is 0 Å². The highest BCUT2D eigenvalue weighted by Crippen LogP contribution is 2.01. The lowest BCUT2D eigenvalue weighted by molar-refractivity contribution is 0.445. The minimum Gasteiger partial charge on any atom is -0.333 e. The summed E-state index contributed by atoms with van der Waals surface area (Å²) in [5, 5.41) is 4.53. The first-order valence-electron chi connectivity index (χ1n) is 3.14. The lowest BCUT2D eigenvalue weighted by Gasteiger charge is -1.93. The van der Waals surface area contributed by atoms with Crippen molar-refractivity contribution in [3.63, 3.8) is 0 Å². The van der Waals surface area contributed by atoms with Gasteiger partial charge in [-0.3, -0.25) is 0 Å². The molecule has 0 aromatic carbocycles. The summed E-state index contributed by atoms with van der Waals surface area (Å²) in [5.74, 6) is 0. The van der Waals surface area contributed by atoms with Crippen LogP contribution in [0.5, 0.6) is 0 Å². The van der Waals surface area contributed by atoms with Gasteiger partial charge in [-0.15, -0.1) is 0 Å². The number of hydrogen-bond acceptors (Lipinski definition) is 3. The fourth-order valence-electron chi connectivity index (χ4n) is 0.706. The number of nitrogens with zero attached hydrogens (tertiary/aromatic N) is 2. The SMILES string of the molecule is NS(=O)(=O)c1cn(CCF)cn1. The Labute approximate surface area is 69.1 Å². The van der Waals surface area contributed by atoms with Crippen LogP contribution in [0.25, 0.3) is 0 Å². The number of halogens is 1. The van der Waals surface area contributed by atoms with Gasteiger partial charge < -0.3 is 4.57 Å². The molecule has 5 nitrogen and oxygen atoms in total. The van der Waals surface area contributed by atoms with Crippen molar-refractivity contribution in [2.75, 3.05) is 6.67 Å². The molecule has 0 bridgehead atoms. The van der Waals surface area contributed by atoms with Gasteiger partial charge >= 0.3 is 0 Å². The Balaban J connectivity index is 2.92. The second kappa shape index (κ2) is 3.20. The molecule has 0 aliphatic heterocycles. The quantitative estimate of drug-likeness (QED) is 0.702. The smallest absolute Gasteiger partial charge is 0.257 e. The van der Waals surface area contributed by atoms with E-state index in [9.17, 15) is 12.8 Å². The highest BCUT2D eigenvalue weighted by atomic mass is 32.2. The zero-order chi connectivity index (χ0) is 9.19. The minimum absolute atomic E-state index is 0.0858. The third kappa shape index (κ3) is 2.02. The summed E-state index contributed by atoms with van der Waals surface area (Å²) in [6, 6.07) is 0. The molecule has 0 fully saturated rings. The molecular weight excluding hydrogens is 185 g/mol. The third-order valence-electron chi connectivity index (χ3n) is 1.24. The molecule has 68 valence electrons. The van der Waals surface area contributed by atoms with Crippen LogP contribution in [-0.4, -0.2) is 24.6 Å². The predicted molar refractivity (Wildman–Crippen MR) is 39.6 cm³/mol. The highest BCUT2D eigenvalue weighted by molar-refractivity contribution is 7.89. The van der Waals surface area contributed by atoms with Crippen molar-refractivity contribution >= 4 is 10.0 Å². The van der Waals surface area contributed by atoms with E-state index in [4.69, 9.17) is 5.14 Å². The maximum absolute atomic E-state index is 11.8. The molecule has 0 atom stereocenters. The molecule has 0 spiro atoms. The van der Waals surface area contributed by atoms with Crippen LogP contribution in [0.3, 0.4) is 0 Å². The van der Waals surface area contributed by atoms with Crippen LogP contribution in [-0.2, 0) is 16.6 Å². The molecule has 1 rings (SSSR count). The number of nitrogens with two attached hydrogens (primary N) is 1. The lowest BCUT2D eigenvalue weighted by atomic mass is 10.7. The monoisotopic (exact) mass is 193 g/mol. The molecule has 0 aliphatic rings. The summed E-state index contributed by atoms with van der Waals surface area (Å²) in [6.45, 7) is -0.483. The first kappa shape index (κ1) is 9.14. The largest absolute Gasteiger partial charge is 0.333 e. The fourth-order valence-corrected chi connectivity index (χ4v) is 1.18. The Kier molecular flexibility index (Phi) is 2.43. The van der Waals surface area contributed by atoms with Crippen LogP contribution >= 0.6 is 0 Å². The van der Waals surface area contributed by atoms with Crippen molar-refractivity contribution in [2.24, 2.45) is 5.14 Å². The Bertz CT molecular complexity index is 359. The molecule has 0 saturated carbocycles. The standard InChI is InChI=1S/C5H8FN3O2S/c6-1-2-9-3-5(8-4-9)12(7,10)11/h3-4H,1-2H2,(H2,7,10,11). The molecule has 1 aromatic rings. The van der Waals surface area contributed by atoms with E-state index in [1.165, 1.54) is 17.1 Å². The van der Waals surface area contributed by atoms with Gasteiger partial charge in [0.15, 0.2) is 5.03 Å². The fraction of sp³-hybridized carbons (Fsp3) is 0.400. The molecule has 0 radical (unpaired) electrons. The van der Waals surface area contributed by atoms with E-state index in [1.807, 2.05) is 0 Å². The molecule has 0 aliphatic carbocycles. The minimum atomic E-state index is -3.75. The molecule has 1 heterocycles. The number of primary sulfonamides is 1. The zero-order valence-electron chi connectivity index (χ0n) is 6.14. The molecule has 1 aromatic heterocycles. The number of aryl methyl sites for hydroxylation is 1. The maximum atomic E-state index is 11.8. The van der Waals surface area contributed by atoms with E-state index >= 15 is 0 Å². The van der Waals surface area contributed by atoms with E-state index < -0.39 is 16.7 Å². The van der Waals surface area contributed by atoms with Crippen LogP contribution in [0.15, 0.2) is 17.6 Å². The van der Waals surface area contributed by atoms with Gasteiger partial charge in [-0.1, -0.05) is 0 Å². The normalized spacial score (nSPS) is 11.8. The lowest BCUT2D eigenvalue weighted by Crippen LogP contribution is -2.12. The van der Waals surface area contributed by atoms with E-state index in [-0.39, 0.29) is 11.6 Å². The van der Waals surface area contributed by atoms with Gasteiger partial charge in [-0.25, -0.2) is 22.9 Å². The van der Waals surface area contributed by atoms with Crippen LogP contribution in [0.2, 0.25) is 0 Å². The van der Waals surface area contributed by atoms with Gasteiger partial charge in [-0.2, -0.15) is 0 Å². The van der Waals surface area contributed by atoms with Crippen molar-refractivity contribution in [3.05, 3.63) is 12.5 Å². The predicted octanol–water partition coefficient (Wildman–Crippen LogP) is -0.500. The van der Waals surface area contributed by atoms with Gasteiger partial charge in [0.05, 0.1) is 12.9 Å². The van der Waals surface area contributed by atoms with Crippen molar-refractivity contribution < 1.29 is 12.8 Å². The van der Waals surface area contributed by atoms with E-state index in [2.05, 4.69) is 4.98 Å². The van der Waals surface area contributed by atoms with Gasteiger partial charge in [0.25, 0.3) is 10.0 Å². The van der Waals surface area contributed by atoms with Crippen molar-refractivity contribution in [1.29, 1.82) is 0 Å². The topological polar surface area (TPSA) is 78.0 Å². The second-order valence-corrected chi connectivity index (χ2v) is 3.69. The molecule has 0 saturated heterocycles. The Hall–Kier alpha value is -0.950. The summed E-state index contributed by atoms with van der Waals surface area (Å²) in [7, 11) is -3.75. The molecule has 7 heteroatoms. The number of alkyl halides is 1. The van der Waals surface area contributed by atoms with Gasteiger partial charge in [0, 0.05) is 6.20 Å². The van der Waals surface area contributed by atoms with E-state index in [0.29, 0.717) is 0 Å².